The van der Waals surface area contributed by atoms with Crippen LogP contribution in [0.4, 0.5) is 4.39 Å². The molecule has 0 spiro atoms. The van der Waals surface area contributed by atoms with Crippen molar-refractivity contribution in [3.63, 3.8) is 0 Å². The van der Waals surface area contributed by atoms with E-state index in [0.717, 1.165) is 51.4 Å². The van der Waals surface area contributed by atoms with Crippen molar-refractivity contribution in [2.24, 2.45) is 10.8 Å². The van der Waals surface area contributed by atoms with E-state index in [1.165, 1.54) is 0 Å². The first-order chi connectivity index (χ1) is 15.1. The van der Waals surface area contributed by atoms with E-state index in [4.69, 9.17) is 4.74 Å². The van der Waals surface area contributed by atoms with E-state index >= 15 is 0 Å². The van der Waals surface area contributed by atoms with Gasteiger partial charge in [0.25, 0.3) is 0 Å². The minimum absolute atomic E-state index is 0.140. The van der Waals surface area contributed by atoms with Crippen molar-refractivity contribution in [2.75, 3.05) is 12.4 Å². The third kappa shape index (κ3) is 4.73. The van der Waals surface area contributed by atoms with Crippen LogP contribution in [0, 0.1) is 10.8 Å². The minimum atomic E-state index is -3.43. The summed E-state index contributed by atoms with van der Waals surface area (Å²) in [5, 5.41) is 3.34. The highest BCUT2D eigenvalue weighted by Gasteiger charge is 2.53. The molecule has 4 saturated carbocycles. The number of sulfone groups is 1. The molecule has 1 amide bonds. The van der Waals surface area contributed by atoms with Gasteiger partial charge < -0.3 is 10.1 Å². The van der Waals surface area contributed by atoms with Gasteiger partial charge in [0.05, 0.1) is 17.0 Å². The second kappa shape index (κ2) is 8.47. The van der Waals surface area contributed by atoms with Gasteiger partial charge in [0, 0.05) is 11.0 Å². The Morgan fingerprint density at radius 3 is 2.16 bits per heavy atom. The number of carbonyl (C=O) groups is 1. The number of fused-ring (bicyclic) bond motifs is 3. The molecule has 5 rings (SSSR count). The number of halogens is 1. The van der Waals surface area contributed by atoms with E-state index in [-0.39, 0.29) is 34.6 Å². The van der Waals surface area contributed by atoms with Gasteiger partial charge in [-0.1, -0.05) is 13.8 Å². The molecule has 32 heavy (non-hydrogen) atoms. The van der Waals surface area contributed by atoms with Crippen molar-refractivity contribution in [3.05, 3.63) is 36.2 Å². The maximum Gasteiger partial charge on any atom is 0.226 e. The van der Waals surface area contributed by atoms with Crippen molar-refractivity contribution in [2.45, 2.75) is 82.1 Å². The lowest BCUT2D eigenvalue weighted by molar-refractivity contribution is -0.129. The average molecular weight is 464 g/mol. The number of hydrogen-bond acceptors (Lipinski definition) is 4. The molecule has 1 N–H and O–H groups in total. The molecule has 2 bridgehead atoms. The molecule has 0 heterocycles. The van der Waals surface area contributed by atoms with Crippen LogP contribution in [0.15, 0.2) is 41.1 Å². The van der Waals surface area contributed by atoms with Gasteiger partial charge in [-0.3, -0.25) is 4.79 Å². The number of benzene rings is 1. The molecule has 0 aromatic heterocycles. The molecule has 5 nitrogen and oxygen atoms in total. The molecule has 4 aliphatic carbocycles. The summed E-state index contributed by atoms with van der Waals surface area (Å²) in [5.41, 5.74) is 0.0268. The van der Waals surface area contributed by atoms with Crippen LogP contribution in [0.2, 0.25) is 0 Å². The van der Waals surface area contributed by atoms with E-state index in [9.17, 15) is 17.6 Å². The lowest BCUT2D eigenvalue weighted by Crippen LogP contribution is -2.58. The predicted octanol–water partition coefficient (Wildman–Crippen LogP) is 5.11. The molecular weight excluding hydrogens is 429 g/mol. The fourth-order valence-electron chi connectivity index (χ4n) is 5.09. The standard InChI is InChI=1S/C25H34FNO4S/c1-3-19(16-26)17-31-20-4-6-21(7-5-20)32(29,30)18-24-10-13-25(14-11-24,15-12-24)27-22(28)23(2)8-9-23/h4-7,16H,3,8-15,17-18H2,1-2H3,(H,27,28)/b19-16+. The quantitative estimate of drug-likeness (QED) is 0.552. The summed E-state index contributed by atoms with van der Waals surface area (Å²) in [7, 11) is -3.43. The van der Waals surface area contributed by atoms with Gasteiger partial charge in [0.15, 0.2) is 9.84 Å². The topological polar surface area (TPSA) is 72.5 Å². The average Bonchev–Trinajstić information content (AvgIpc) is 3.54. The van der Waals surface area contributed by atoms with Gasteiger partial charge in [-0.15, -0.1) is 0 Å². The van der Waals surface area contributed by atoms with Crippen molar-refractivity contribution in [3.8, 4) is 5.75 Å². The summed E-state index contributed by atoms with van der Waals surface area (Å²) in [6, 6.07) is 6.44. The Balaban J connectivity index is 1.36. The predicted molar refractivity (Wildman–Crippen MR) is 122 cm³/mol. The Hall–Kier alpha value is -1.89. The summed E-state index contributed by atoms with van der Waals surface area (Å²) >= 11 is 0. The first-order valence-corrected chi connectivity index (χ1v) is 13.3. The molecule has 4 aliphatic rings. The van der Waals surface area contributed by atoms with Crippen LogP contribution in [0.5, 0.6) is 5.75 Å². The van der Waals surface area contributed by atoms with Crippen LogP contribution in [-0.4, -0.2) is 32.2 Å². The molecule has 0 radical (unpaired) electrons. The van der Waals surface area contributed by atoms with Gasteiger partial charge >= 0.3 is 0 Å². The van der Waals surface area contributed by atoms with Crippen LogP contribution >= 0.6 is 0 Å². The first kappa shape index (κ1) is 23.3. The van der Waals surface area contributed by atoms with Crippen molar-refractivity contribution < 1.29 is 22.3 Å². The summed E-state index contributed by atoms with van der Waals surface area (Å²) in [4.78, 5) is 12.9. The van der Waals surface area contributed by atoms with Crippen LogP contribution in [0.25, 0.3) is 0 Å². The van der Waals surface area contributed by atoms with Crippen molar-refractivity contribution >= 4 is 15.7 Å². The molecule has 0 saturated heterocycles. The number of carbonyl (C=O) groups excluding carboxylic acids is 1. The van der Waals surface area contributed by atoms with Crippen molar-refractivity contribution in [1.82, 2.24) is 5.32 Å². The van der Waals surface area contributed by atoms with Crippen molar-refractivity contribution in [1.29, 1.82) is 0 Å². The molecule has 1 aromatic rings. The van der Waals surface area contributed by atoms with E-state index < -0.39 is 9.84 Å². The lowest BCUT2D eigenvalue weighted by Gasteiger charge is -2.53. The number of nitrogens with one attached hydrogen (secondary N) is 1. The Kier molecular flexibility index (Phi) is 6.16. The van der Waals surface area contributed by atoms with Crippen LogP contribution in [0.3, 0.4) is 0 Å². The van der Waals surface area contributed by atoms with E-state index in [2.05, 4.69) is 5.32 Å². The third-order valence-electron chi connectivity index (χ3n) is 8.04. The fourth-order valence-corrected chi connectivity index (χ4v) is 7.05. The fraction of sp³-hybridized carbons (Fsp3) is 0.640. The van der Waals surface area contributed by atoms with Crippen LogP contribution < -0.4 is 10.1 Å². The zero-order valence-electron chi connectivity index (χ0n) is 19.1. The highest BCUT2D eigenvalue weighted by molar-refractivity contribution is 7.91. The lowest BCUT2D eigenvalue weighted by atomic mass is 9.58. The maximum absolute atomic E-state index is 13.2. The third-order valence-corrected chi connectivity index (χ3v) is 10.0. The number of hydrogen-bond donors (Lipinski definition) is 1. The Morgan fingerprint density at radius 1 is 1.06 bits per heavy atom. The number of rotatable bonds is 9. The van der Waals surface area contributed by atoms with E-state index in [0.29, 0.717) is 29.0 Å². The van der Waals surface area contributed by atoms with E-state index in [1.54, 1.807) is 24.3 Å². The highest BCUT2D eigenvalue weighted by Crippen LogP contribution is 2.54. The zero-order chi connectivity index (χ0) is 23.0. The molecule has 0 unspecified atom stereocenters. The second-order valence-electron chi connectivity index (χ2n) is 10.4. The Bertz CT molecular complexity index is 971. The molecular formula is C25H34FNO4S. The Morgan fingerprint density at radius 2 is 1.66 bits per heavy atom. The van der Waals surface area contributed by atoms with Crippen LogP contribution in [0.1, 0.15) is 71.6 Å². The van der Waals surface area contributed by atoms with Gasteiger partial charge in [-0.05, 0) is 93.0 Å². The summed E-state index contributed by atoms with van der Waals surface area (Å²) in [6.45, 7) is 4.03. The van der Waals surface area contributed by atoms with Gasteiger partial charge in [0.2, 0.25) is 5.91 Å². The van der Waals surface area contributed by atoms with Crippen LogP contribution in [-0.2, 0) is 14.6 Å². The van der Waals surface area contributed by atoms with E-state index in [1.807, 2.05) is 13.8 Å². The summed E-state index contributed by atoms with van der Waals surface area (Å²) in [5.74, 6) is 0.844. The number of amides is 1. The first-order valence-electron chi connectivity index (χ1n) is 11.7. The SMILES string of the molecule is CC/C(=C\F)COc1ccc(S(=O)(=O)CC23CCC(NC(=O)C4(C)CC4)(CC2)CC3)cc1. The minimum Gasteiger partial charge on any atom is -0.489 e. The molecule has 4 fully saturated rings. The molecule has 0 aliphatic heterocycles. The normalized spacial score (nSPS) is 28.9. The molecule has 7 heteroatoms. The zero-order valence-corrected chi connectivity index (χ0v) is 19.9. The summed E-state index contributed by atoms with van der Waals surface area (Å²) < 4.78 is 44.6. The largest absolute Gasteiger partial charge is 0.489 e. The molecule has 176 valence electrons. The van der Waals surface area contributed by atoms with Gasteiger partial charge in [-0.2, -0.15) is 0 Å². The molecule has 0 atom stereocenters. The number of ether oxygens (including phenoxy) is 1. The smallest absolute Gasteiger partial charge is 0.226 e. The molecule has 1 aromatic carbocycles. The highest BCUT2D eigenvalue weighted by atomic mass is 32.2. The summed E-state index contributed by atoms with van der Waals surface area (Å²) in [6.07, 6.45) is 8.13. The monoisotopic (exact) mass is 463 g/mol. The second-order valence-corrected chi connectivity index (χ2v) is 12.4. The Labute approximate surface area is 190 Å². The van der Waals surface area contributed by atoms with Gasteiger partial charge in [0.1, 0.15) is 12.4 Å². The van der Waals surface area contributed by atoms with Gasteiger partial charge in [-0.25, -0.2) is 12.8 Å². The maximum atomic E-state index is 13.2.